The molecule has 2 aromatic rings. The average molecular weight is 301 g/mol. The molecule has 0 fully saturated rings. The van der Waals surface area contributed by atoms with E-state index in [2.05, 4.69) is 12.0 Å². The zero-order valence-electron chi connectivity index (χ0n) is 13.4. The third kappa shape index (κ3) is 3.54. The molecular formula is C17H23N3O2. The van der Waals surface area contributed by atoms with Gasteiger partial charge in [0.25, 0.3) is 5.56 Å². The quantitative estimate of drug-likeness (QED) is 0.889. The maximum absolute atomic E-state index is 12.6. The minimum atomic E-state index is -0.465. The summed E-state index contributed by atoms with van der Waals surface area (Å²) in [6.07, 6.45) is 1.94. The minimum absolute atomic E-state index is 0.109. The second-order valence-electron chi connectivity index (χ2n) is 5.37. The van der Waals surface area contributed by atoms with Crippen LogP contribution in [0.1, 0.15) is 42.6 Å². The van der Waals surface area contributed by atoms with Gasteiger partial charge >= 0.3 is 0 Å². The number of hydrogen-bond acceptors (Lipinski definition) is 4. The van der Waals surface area contributed by atoms with Crippen molar-refractivity contribution in [1.82, 2.24) is 9.78 Å². The lowest BCUT2D eigenvalue weighted by Gasteiger charge is -2.15. The molecule has 1 aromatic carbocycles. The van der Waals surface area contributed by atoms with E-state index >= 15 is 0 Å². The number of nitrogens with two attached hydrogens (primary N) is 1. The van der Waals surface area contributed by atoms with Crippen LogP contribution in [0.15, 0.2) is 35.1 Å². The molecule has 0 aliphatic heterocycles. The van der Waals surface area contributed by atoms with Gasteiger partial charge in [0.15, 0.2) is 0 Å². The Bertz CT molecular complexity index is 677. The Hall–Kier alpha value is -2.14. The number of unbranched alkanes of at least 4 members (excludes halogenated alkanes) is 1. The molecule has 2 N–H and O–H groups in total. The topological polar surface area (TPSA) is 70.1 Å². The fourth-order valence-electron chi connectivity index (χ4n) is 2.37. The highest BCUT2D eigenvalue weighted by atomic mass is 16.5. The van der Waals surface area contributed by atoms with Crippen molar-refractivity contribution in [3.8, 4) is 5.75 Å². The van der Waals surface area contributed by atoms with Gasteiger partial charge in [-0.1, -0.05) is 25.5 Å². The van der Waals surface area contributed by atoms with Gasteiger partial charge in [0.1, 0.15) is 5.75 Å². The smallest absolute Gasteiger partial charge is 0.271 e. The Morgan fingerprint density at radius 3 is 2.59 bits per heavy atom. The zero-order chi connectivity index (χ0) is 16.1. The summed E-state index contributed by atoms with van der Waals surface area (Å²) in [7, 11) is 1.62. The predicted octanol–water partition coefficient (Wildman–Crippen LogP) is 2.41. The number of ether oxygens (including phenoxy) is 1. The summed E-state index contributed by atoms with van der Waals surface area (Å²) < 4.78 is 6.67. The first-order valence-electron chi connectivity index (χ1n) is 7.55. The van der Waals surface area contributed by atoms with Crippen LogP contribution in [0.25, 0.3) is 0 Å². The highest BCUT2D eigenvalue weighted by molar-refractivity contribution is 5.34. The fourth-order valence-corrected chi connectivity index (χ4v) is 2.37. The minimum Gasteiger partial charge on any atom is -0.497 e. The maximum Gasteiger partial charge on any atom is 0.271 e. The van der Waals surface area contributed by atoms with Crippen molar-refractivity contribution >= 4 is 0 Å². The second kappa shape index (κ2) is 7.22. The lowest BCUT2D eigenvalue weighted by molar-refractivity contribution is 0.414. The van der Waals surface area contributed by atoms with Crippen LogP contribution in [0, 0.1) is 6.92 Å². The van der Waals surface area contributed by atoms with Crippen LogP contribution in [-0.2, 0) is 6.54 Å². The van der Waals surface area contributed by atoms with Gasteiger partial charge in [-0.3, -0.25) is 4.79 Å². The molecule has 1 atom stereocenters. The summed E-state index contributed by atoms with van der Waals surface area (Å²) in [5, 5.41) is 4.30. The molecule has 0 saturated carbocycles. The summed E-state index contributed by atoms with van der Waals surface area (Å²) in [5.41, 5.74) is 8.44. The molecule has 0 spiro atoms. The van der Waals surface area contributed by atoms with E-state index in [0.29, 0.717) is 12.1 Å². The number of rotatable bonds is 6. The summed E-state index contributed by atoms with van der Waals surface area (Å²) in [6, 6.07) is 8.77. The second-order valence-corrected chi connectivity index (χ2v) is 5.37. The number of aromatic nitrogens is 2. The van der Waals surface area contributed by atoms with E-state index in [-0.39, 0.29) is 5.56 Å². The molecular weight excluding hydrogens is 278 g/mol. The van der Waals surface area contributed by atoms with Gasteiger partial charge < -0.3 is 10.5 Å². The van der Waals surface area contributed by atoms with E-state index in [1.165, 1.54) is 4.68 Å². The summed E-state index contributed by atoms with van der Waals surface area (Å²) >= 11 is 0. The monoisotopic (exact) mass is 301 g/mol. The Balaban J connectivity index is 2.37. The number of hydrogen-bond donors (Lipinski definition) is 1. The van der Waals surface area contributed by atoms with E-state index in [1.54, 1.807) is 13.2 Å². The largest absolute Gasteiger partial charge is 0.497 e. The Morgan fingerprint density at radius 1 is 1.32 bits per heavy atom. The van der Waals surface area contributed by atoms with Crippen molar-refractivity contribution in [3.63, 3.8) is 0 Å². The Labute approximate surface area is 130 Å². The van der Waals surface area contributed by atoms with Crippen LogP contribution < -0.4 is 16.0 Å². The highest BCUT2D eigenvalue weighted by Crippen LogP contribution is 2.20. The third-order valence-corrected chi connectivity index (χ3v) is 3.66. The fraction of sp³-hybridized carbons (Fsp3) is 0.412. The predicted molar refractivity (Wildman–Crippen MR) is 87.2 cm³/mol. The van der Waals surface area contributed by atoms with Gasteiger partial charge in [-0.2, -0.15) is 5.10 Å². The lowest BCUT2D eigenvalue weighted by atomic mass is 10.0. The molecule has 0 saturated heterocycles. The van der Waals surface area contributed by atoms with Crippen molar-refractivity contribution in [2.45, 2.75) is 39.3 Å². The summed E-state index contributed by atoms with van der Waals surface area (Å²) in [4.78, 5) is 12.6. The SMILES string of the molecule is CCCCn1nc(C)cc(C(N)c2ccc(OC)cc2)c1=O. The van der Waals surface area contributed by atoms with Gasteiger partial charge in [0.05, 0.1) is 18.8 Å². The van der Waals surface area contributed by atoms with Crippen LogP contribution in [0.5, 0.6) is 5.75 Å². The van der Waals surface area contributed by atoms with Crippen molar-refractivity contribution < 1.29 is 4.74 Å². The molecule has 1 unspecified atom stereocenters. The van der Waals surface area contributed by atoms with Crippen molar-refractivity contribution in [2.75, 3.05) is 7.11 Å². The Morgan fingerprint density at radius 2 is 2.00 bits per heavy atom. The molecule has 0 bridgehead atoms. The summed E-state index contributed by atoms with van der Waals surface area (Å²) in [5.74, 6) is 0.766. The van der Waals surface area contributed by atoms with Crippen LogP contribution >= 0.6 is 0 Å². The molecule has 0 aliphatic rings. The molecule has 0 aliphatic carbocycles. The van der Waals surface area contributed by atoms with E-state index < -0.39 is 6.04 Å². The lowest BCUT2D eigenvalue weighted by Crippen LogP contribution is -2.31. The van der Waals surface area contributed by atoms with E-state index in [1.807, 2.05) is 31.2 Å². The van der Waals surface area contributed by atoms with Crippen LogP contribution in [0.4, 0.5) is 0 Å². The van der Waals surface area contributed by atoms with Crippen molar-refractivity contribution in [2.24, 2.45) is 5.73 Å². The van der Waals surface area contributed by atoms with Crippen LogP contribution in [0.3, 0.4) is 0 Å². The molecule has 5 nitrogen and oxygen atoms in total. The third-order valence-electron chi connectivity index (χ3n) is 3.66. The standard InChI is InChI=1S/C17H23N3O2/c1-4-5-10-20-17(21)15(11-12(2)19-20)16(18)13-6-8-14(22-3)9-7-13/h6-9,11,16H,4-5,10,18H2,1-3H3. The van der Waals surface area contributed by atoms with Crippen LogP contribution in [0.2, 0.25) is 0 Å². The first-order chi connectivity index (χ1) is 10.6. The first-order valence-corrected chi connectivity index (χ1v) is 7.55. The van der Waals surface area contributed by atoms with Gasteiger partial charge in [0, 0.05) is 12.1 Å². The van der Waals surface area contributed by atoms with Gasteiger partial charge in [-0.25, -0.2) is 4.68 Å². The van der Waals surface area contributed by atoms with Crippen LogP contribution in [-0.4, -0.2) is 16.9 Å². The first kappa shape index (κ1) is 16.2. The normalized spacial score (nSPS) is 12.2. The molecule has 2 rings (SSSR count). The molecule has 1 aromatic heterocycles. The zero-order valence-corrected chi connectivity index (χ0v) is 13.4. The molecule has 0 radical (unpaired) electrons. The number of nitrogens with zero attached hydrogens (tertiary/aromatic N) is 2. The van der Waals surface area contributed by atoms with Gasteiger partial charge in [0.2, 0.25) is 0 Å². The van der Waals surface area contributed by atoms with E-state index in [0.717, 1.165) is 29.8 Å². The van der Waals surface area contributed by atoms with Gasteiger partial charge in [-0.05, 0) is 37.1 Å². The average Bonchev–Trinajstić information content (AvgIpc) is 2.54. The summed E-state index contributed by atoms with van der Waals surface area (Å²) in [6.45, 7) is 4.59. The van der Waals surface area contributed by atoms with E-state index in [4.69, 9.17) is 10.5 Å². The molecule has 5 heteroatoms. The highest BCUT2D eigenvalue weighted by Gasteiger charge is 2.16. The molecule has 22 heavy (non-hydrogen) atoms. The van der Waals surface area contributed by atoms with Crippen molar-refractivity contribution in [3.05, 3.63) is 57.5 Å². The number of aryl methyl sites for hydroxylation is 2. The van der Waals surface area contributed by atoms with Crippen molar-refractivity contribution in [1.29, 1.82) is 0 Å². The molecule has 0 amide bonds. The molecule has 1 heterocycles. The van der Waals surface area contributed by atoms with Gasteiger partial charge in [-0.15, -0.1) is 0 Å². The Kier molecular flexibility index (Phi) is 5.33. The number of methoxy groups -OCH3 is 1. The van der Waals surface area contributed by atoms with E-state index in [9.17, 15) is 4.79 Å². The maximum atomic E-state index is 12.6. The number of benzene rings is 1. The molecule has 118 valence electrons.